The van der Waals surface area contributed by atoms with E-state index in [4.69, 9.17) is 4.42 Å². The number of pyridine rings is 2. The molecule has 2 amide bonds. The van der Waals surface area contributed by atoms with Gasteiger partial charge in [-0.1, -0.05) is 0 Å². The molecular formula is C24H28N6O3. The predicted molar refractivity (Wildman–Crippen MR) is 125 cm³/mol. The fourth-order valence-electron chi connectivity index (χ4n) is 3.69. The summed E-state index contributed by atoms with van der Waals surface area (Å²) < 4.78 is 5.21. The monoisotopic (exact) mass is 448 g/mol. The highest BCUT2D eigenvalue weighted by atomic mass is 16.3. The van der Waals surface area contributed by atoms with Crippen molar-refractivity contribution in [2.45, 2.75) is 26.4 Å². The molecule has 0 aromatic carbocycles. The van der Waals surface area contributed by atoms with Gasteiger partial charge >= 0.3 is 0 Å². The number of rotatable bonds is 7. The van der Waals surface area contributed by atoms with Crippen molar-refractivity contribution < 1.29 is 14.0 Å². The van der Waals surface area contributed by atoms with Crippen LogP contribution in [0.2, 0.25) is 0 Å². The first-order valence-corrected chi connectivity index (χ1v) is 11.0. The molecule has 2 N–H and O–H groups in total. The molecule has 4 heterocycles. The van der Waals surface area contributed by atoms with Crippen LogP contribution in [0.4, 0.5) is 11.5 Å². The Kier molecular flexibility index (Phi) is 6.87. The van der Waals surface area contributed by atoms with Gasteiger partial charge in [-0.3, -0.25) is 14.6 Å². The number of aromatic nitrogens is 2. The molecule has 0 unspecified atom stereocenters. The largest absolute Gasteiger partial charge is 0.467 e. The van der Waals surface area contributed by atoms with Crippen molar-refractivity contribution in [3.63, 3.8) is 0 Å². The van der Waals surface area contributed by atoms with Crippen LogP contribution in [0.15, 0.2) is 59.5 Å². The van der Waals surface area contributed by atoms with Crippen LogP contribution in [0, 0.1) is 0 Å². The van der Waals surface area contributed by atoms with Crippen LogP contribution in [0.1, 0.15) is 40.5 Å². The Hall–Kier alpha value is -3.88. The normalized spacial score (nSPS) is 13.8. The van der Waals surface area contributed by atoms with Gasteiger partial charge < -0.3 is 24.9 Å². The van der Waals surface area contributed by atoms with E-state index in [0.717, 1.165) is 11.5 Å². The van der Waals surface area contributed by atoms with E-state index in [9.17, 15) is 9.59 Å². The van der Waals surface area contributed by atoms with Gasteiger partial charge in [0.25, 0.3) is 11.8 Å². The highest BCUT2D eigenvalue weighted by Crippen LogP contribution is 2.24. The van der Waals surface area contributed by atoms with Crippen LogP contribution >= 0.6 is 0 Å². The van der Waals surface area contributed by atoms with Crippen molar-refractivity contribution >= 4 is 23.3 Å². The number of hydrogen-bond acceptors (Lipinski definition) is 7. The summed E-state index contributed by atoms with van der Waals surface area (Å²) in [5.41, 5.74) is 1.71. The number of furan rings is 1. The third kappa shape index (κ3) is 5.49. The molecule has 0 saturated carbocycles. The second kappa shape index (κ2) is 10.2. The highest BCUT2D eigenvalue weighted by molar-refractivity contribution is 5.96. The molecule has 4 rings (SSSR count). The first-order chi connectivity index (χ1) is 16.0. The number of hydrogen-bond donors (Lipinski definition) is 2. The van der Waals surface area contributed by atoms with E-state index in [2.05, 4.69) is 39.3 Å². The quantitative estimate of drug-likeness (QED) is 0.573. The summed E-state index contributed by atoms with van der Waals surface area (Å²) in [5, 5.41) is 6.19. The van der Waals surface area contributed by atoms with E-state index in [1.807, 2.05) is 12.1 Å². The second-order valence-corrected chi connectivity index (χ2v) is 8.15. The second-order valence-electron chi connectivity index (χ2n) is 8.15. The molecule has 3 aromatic heterocycles. The summed E-state index contributed by atoms with van der Waals surface area (Å²) >= 11 is 0. The molecule has 0 bridgehead atoms. The van der Waals surface area contributed by atoms with Gasteiger partial charge in [-0.2, -0.15) is 0 Å². The fraction of sp³-hybridized carbons (Fsp3) is 0.333. The molecule has 1 aliphatic heterocycles. The molecule has 0 spiro atoms. The Morgan fingerprint density at radius 3 is 2.55 bits per heavy atom. The van der Waals surface area contributed by atoms with Gasteiger partial charge in [-0.05, 0) is 50.2 Å². The van der Waals surface area contributed by atoms with Crippen LogP contribution in [0.25, 0.3) is 0 Å². The summed E-state index contributed by atoms with van der Waals surface area (Å²) in [5.74, 6) is 1.16. The molecule has 172 valence electrons. The molecule has 0 radical (unpaired) electrons. The lowest BCUT2D eigenvalue weighted by Gasteiger charge is -2.36. The number of piperazine rings is 1. The molecule has 3 aromatic rings. The van der Waals surface area contributed by atoms with Crippen LogP contribution < -0.4 is 15.5 Å². The van der Waals surface area contributed by atoms with Gasteiger partial charge in [0.2, 0.25) is 0 Å². The summed E-state index contributed by atoms with van der Waals surface area (Å²) in [6.07, 6.45) is 4.77. The van der Waals surface area contributed by atoms with Gasteiger partial charge in [0, 0.05) is 44.6 Å². The van der Waals surface area contributed by atoms with Gasteiger partial charge in [0.15, 0.2) is 5.82 Å². The average molecular weight is 449 g/mol. The smallest absolute Gasteiger partial charge is 0.272 e. The lowest BCUT2D eigenvalue weighted by Crippen LogP contribution is -2.49. The van der Waals surface area contributed by atoms with E-state index in [1.54, 1.807) is 41.6 Å². The molecule has 33 heavy (non-hydrogen) atoms. The van der Waals surface area contributed by atoms with Crippen LogP contribution in [-0.2, 0) is 6.54 Å². The lowest BCUT2D eigenvalue weighted by molar-refractivity contribution is 0.0740. The highest BCUT2D eigenvalue weighted by Gasteiger charge is 2.25. The van der Waals surface area contributed by atoms with E-state index in [-0.39, 0.29) is 11.8 Å². The maximum Gasteiger partial charge on any atom is 0.272 e. The van der Waals surface area contributed by atoms with Gasteiger partial charge in [-0.25, -0.2) is 4.98 Å². The molecule has 9 heteroatoms. The molecule has 0 aliphatic carbocycles. The van der Waals surface area contributed by atoms with Crippen LogP contribution in [0.3, 0.4) is 0 Å². The molecule has 1 fully saturated rings. The Labute approximate surface area is 192 Å². The summed E-state index contributed by atoms with van der Waals surface area (Å²) in [6.45, 7) is 6.99. The minimum atomic E-state index is -0.271. The summed E-state index contributed by atoms with van der Waals surface area (Å²) in [4.78, 5) is 38.0. The Morgan fingerprint density at radius 1 is 1.06 bits per heavy atom. The number of carbonyl (C=O) groups excluding carboxylic acids is 2. The predicted octanol–water partition coefficient (Wildman–Crippen LogP) is 2.78. The van der Waals surface area contributed by atoms with E-state index < -0.39 is 0 Å². The molecule has 9 nitrogen and oxygen atoms in total. The number of amides is 2. The van der Waals surface area contributed by atoms with Crippen molar-refractivity contribution in [1.29, 1.82) is 0 Å². The van der Waals surface area contributed by atoms with Crippen molar-refractivity contribution in [3.05, 3.63) is 72.1 Å². The van der Waals surface area contributed by atoms with E-state index in [0.29, 0.717) is 55.8 Å². The summed E-state index contributed by atoms with van der Waals surface area (Å²) in [7, 11) is 0. The SMILES string of the molecule is CC(C)Nc1cccnc1N1CCN(C(=O)c2ccc(C(=O)NCc3ccco3)cn2)CC1. The van der Waals surface area contributed by atoms with Gasteiger partial charge in [0.05, 0.1) is 24.1 Å². The lowest BCUT2D eigenvalue weighted by atomic mass is 10.2. The molecule has 0 atom stereocenters. The number of anilines is 2. The minimum Gasteiger partial charge on any atom is -0.467 e. The topological polar surface area (TPSA) is 104 Å². The van der Waals surface area contributed by atoms with Crippen LogP contribution in [0.5, 0.6) is 0 Å². The third-order valence-electron chi connectivity index (χ3n) is 5.35. The van der Waals surface area contributed by atoms with Gasteiger partial charge in [0.1, 0.15) is 11.5 Å². The van der Waals surface area contributed by atoms with Crippen LogP contribution in [-0.4, -0.2) is 58.9 Å². The first kappa shape index (κ1) is 22.3. The Bertz CT molecular complexity index is 1070. The molecular weight excluding hydrogens is 420 g/mol. The maximum absolute atomic E-state index is 12.9. The number of nitrogens with zero attached hydrogens (tertiary/aromatic N) is 4. The van der Waals surface area contributed by atoms with Crippen molar-refractivity contribution in [2.24, 2.45) is 0 Å². The van der Waals surface area contributed by atoms with E-state index >= 15 is 0 Å². The third-order valence-corrected chi connectivity index (χ3v) is 5.35. The fourth-order valence-corrected chi connectivity index (χ4v) is 3.69. The number of carbonyl (C=O) groups is 2. The molecule has 1 saturated heterocycles. The number of nitrogens with one attached hydrogen (secondary N) is 2. The van der Waals surface area contributed by atoms with Crippen molar-refractivity contribution in [3.8, 4) is 0 Å². The zero-order valence-electron chi connectivity index (χ0n) is 18.8. The van der Waals surface area contributed by atoms with Crippen molar-refractivity contribution in [2.75, 3.05) is 36.4 Å². The zero-order valence-corrected chi connectivity index (χ0v) is 18.8. The van der Waals surface area contributed by atoms with E-state index in [1.165, 1.54) is 6.20 Å². The molecule has 1 aliphatic rings. The minimum absolute atomic E-state index is 0.140. The summed E-state index contributed by atoms with van der Waals surface area (Å²) in [6, 6.07) is 11.0. The zero-order chi connectivity index (χ0) is 23.2. The van der Waals surface area contributed by atoms with Crippen molar-refractivity contribution in [1.82, 2.24) is 20.2 Å². The first-order valence-electron chi connectivity index (χ1n) is 11.0. The maximum atomic E-state index is 12.9. The Morgan fingerprint density at radius 2 is 1.88 bits per heavy atom. The standard InChI is InChI=1S/C24H28N6O3/c1-17(2)28-20-6-3-9-25-22(20)29-10-12-30(13-11-29)24(32)21-8-7-18(15-26-21)23(31)27-16-19-5-4-14-33-19/h3-9,14-15,17,28H,10-13,16H2,1-2H3,(H,27,31). The Balaban J connectivity index is 1.33. The van der Waals surface area contributed by atoms with Gasteiger partial charge in [-0.15, -0.1) is 0 Å². The average Bonchev–Trinajstić information content (AvgIpc) is 3.36.